The summed E-state index contributed by atoms with van der Waals surface area (Å²) < 4.78 is 39.3. The lowest BCUT2D eigenvalue weighted by Gasteiger charge is -2.09. The molecule has 0 fully saturated rings. The Hall–Kier alpha value is -3.94. The highest BCUT2D eigenvalue weighted by Gasteiger charge is 2.29. The van der Waals surface area contributed by atoms with Crippen molar-refractivity contribution in [1.82, 2.24) is 9.55 Å². The number of alkyl halides is 3. The fourth-order valence-electron chi connectivity index (χ4n) is 3.16. The van der Waals surface area contributed by atoms with Crippen LogP contribution < -0.4 is 5.69 Å². The molecule has 0 radical (unpaired) electrons. The molecule has 0 saturated carbocycles. The molecule has 0 aliphatic carbocycles. The zero-order valence-electron chi connectivity index (χ0n) is 15.3. The molecular formula is C22H15F3N2O3. The van der Waals surface area contributed by atoms with Gasteiger partial charge in [0.05, 0.1) is 22.3 Å². The maximum atomic E-state index is 12.7. The van der Waals surface area contributed by atoms with E-state index in [1.54, 1.807) is 24.3 Å². The van der Waals surface area contributed by atoms with Crippen LogP contribution >= 0.6 is 0 Å². The number of aromatic amines is 1. The van der Waals surface area contributed by atoms with Crippen molar-refractivity contribution >= 4 is 23.2 Å². The number of H-pyrrole nitrogens is 1. The van der Waals surface area contributed by atoms with Crippen molar-refractivity contribution < 1.29 is 23.4 Å². The Morgan fingerprint density at radius 2 is 1.60 bits per heavy atom. The lowest BCUT2D eigenvalue weighted by Crippen LogP contribution is -2.14. The number of imidazole rings is 1. The van der Waals surface area contributed by atoms with Gasteiger partial charge in [-0.15, -0.1) is 0 Å². The first kappa shape index (κ1) is 19.4. The Morgan fingerprint density at radius 1 is 0.900 bits per heavy atom. The summed E-state index contributed by atoms with van der Waals surface area (Å²) in [5.74, 6) is -0.543. The van der Waals surface area contributed by atoms with Gasteiger partial charge >= 0.3 is 11.9 Å². The average molecular weight is 412 g/mol. The fraction of sp³-hybridized carbons (Fsp3) is 0.0455. The topological polar surface area (TPSA) is 78.2 Å². The largest absolute Gasteiger partial charge is 0.507 e. The Bertz CT molecular complexity index is 1320. The number of benzene rings is 3. The fourth-order valence-corrected chi connectivity index (χ4v) is 3.16. The van der Waals surface area contributed by atoms with Gasteiger partial charge in [0.1, 0.15) is 11.5 Å². The minimum Gasteiger partial charge on any atom is -0.507 e. The summed E-state index contributed by atoms with van der Waals surface area (Å²) >= 11 is 0. The number of halogens is 3. The molecule has 8 heteroatoms. The Labute approximate surface area is 168 Å². The van der Waals surface area contributed by atoms with Crippen LogP contribution in [0.25, 0.3) is 28.9 Å². The molecule has 0 atom stereocenters. The number of phenols is 2. The number of nitrogens with one attached hydrogen (secondary N) is 1. The third kappa shape index (κ3) is 3.55. The number of para-hydroxylation sites is 2. The van der Waals surface area contributed by atoms with E-state index in [1.807, 2.05) is 0 Å². The van der Waals surface area contributed by atoms with Gasteiger partial charge in [-0.2, -0.15) is 13.2 Å². The highest BCUT2D eigenvalue weighted by Crippen LogP contribution is 2.33. The van der Waals surface area contributed by atoms with E-state index in [0.717, 1.165) is 18.2 Å². The zero-order chi connectivity index (χ0) is 21.5. The van der Waals surface area contributed by atoms with Crippen LogP contribution in [0, 0.1) is 0 Å². The van der Waals surface area contributed by atoms with Crippen LogP contribution in [-0.2, 0) is 6.18 Å². The molecule has 0 spiro atoms. The van der Waals surface area contributed by atoms with Gasteiger partial charge in [0.2, 0.25) is 0 Å². The molecule has 0 saturated heterocycles. The predicted octanol–water partition coefficient (Wildman–Crippen LogP) is 4.92. The van der Waals surface area contributed by atoms with Crippen molar-refractivity contribution in [2.75, 3.05) is 0 Å². The minimum absolute atomic E-state index is 0.155. The van der Waals surface area contributed by atoms with E-state index in [0.29, 0.717) is 16.6 Å². The second-order valence-electron chi connectivity index (χ2n) is 6.64. The molecule has 4 aromatic rings. The third-order valence-corrected chi connectivity index (χ3v) is 4.65. The van der Waals surface area contributed by atoms with E-state index in [4.69, 9.17) is 0 Å². The van der Waals surface area contributed by atoms with Crippen LogP contribution in [0.15, 0.2) is 65.5 Å². The Balaban J connectivity index is 1.74. The first-order valence-corrected chi connectivity index (χ1v) is 8.85. The number of hydrogen-bond donors (Lipinski definition) is 3. The van der Waals surface area contributed by atoms with Crippen LogP contribution in [0.1, 0.15) is 16.7 Å². The van der Waals surface area contributed by atoms with Crippen molar-refractivity contribution in [2.45, 2.75) is 6.18 Å². The van der Waals surface area contributed by atoms with Gasteiger partial charge in [-0.05, 0) is 35.9 Å². The molecule has 152 valence electrons. The Kier molecular flexibility index (Phi) is 4.62. The third-order valence-electron chi connectivity index (χ3n) is 4.65. The molecule has 4 rings (SSSR count). The van der Waals surface area contributed by atoms with Crippen molar-refractivity contribution in [3.63, 3.8) is 0 Å². The lowest BCUT2D eigenvalue weighted by molar-refractivity contribution is -0.137. The molecule has 0 bridgehead atoms. The number of fused-ring (bicyclic) bond motifs is 1. The van der Waals surface area contributed by atoms with E-state index >= 15 is 0 Å². The van der Waals surface area contributed by atoms with Crippen LogP contribution in [0.2, 0.25) is 0 Å². The standard InChI is InChI=1S/C22H15F3N2O3/c23-22(24,25)15-9-6-13(7-10-15)5-8-14-11-18(20(29)12-19(14)28)27-17-4-2-1-3-16(17)26-21(27)30/h1-12,28-29H,(H,26,30)/b8-5+. The van der Waals surface area contributed by atoms with Crippen LogP contribution in [0.3, 0.4) is 0 Å². The monoisotopic (exact) mass is 412 g/mol. The van der Waals surface area contributed by atoms with Crippen LogP contribution in [0.5, 0.6) is 11.5 Å². The van der Waals surface area contributed by atoms with Crippen molar-refractivity contribution in [3.05, 3.63) is 87.8 Å². The van der Waals surface area contributed by atoms with Crippen LogP contribution in [0.4, 0.5) is 13.2 Å². The highest BCUT2D eigenvalue weighted by molar-refractivity contribution is 5.80. The second kappa shape index (κ2) is 7.14. The lowest BCUT2D eigenvalue weighted by atomic mass is 10.1. The molecule has 3 N–H and O–H groups in total. The van der Waals surface area contributed by atoms with Gasteiger partial charge < -0.3 is 15.2 Å². The number of aromatic nitrogens is 2. The second-order valence-corrected chi connectivity index (χ2v) is 6.64. The van der Waals surface area contributed by atoms with E-state index in [9.17, 15) is 28.2 Å². The summed E-state index contributed by atoms with van der Waals surface area (Å²) in [6, 6.07) is 14.0. The smallest absolute Gasteiger partial charge is 0.416 e. The molecule has 0 aliphatic heterocycles. The number of rotatable bonds is 3. The average Bonchev–Trinajstić information content (AvgIpc) is 3.03. The first-order chi connectivity index (χ1) is 14.2. The molecule has 0 aliphatic rings. The maximum absolute atomic E-state index is 12.7. The molecule has 1 aromatic heterocycles. The molecule has 0 unspecified atom stereocenters. The summed E-state index contributed by atoms with van der Waals surface area (Å²) in [5.41, 5.74) is 0.824. The highest BCUT2D eigenvalue weighted by atomic mass is 19.4. The summed E-state index contributed by atoms with van der Waals surface area (Å²) in [7, 11) is 0. The number of aromatic hydroxyl groups is 2. The minimum atomic E-state index is -4.42. The van der Waals surface area contributed by atoms with Gasteiger partial charge in [-0.25, -0.2) is 4.79 Å². The summed E-state index contributed by atoms with van der Waals surface area (Å²) in [4.78, 5) is 15.1. The molecule has 30 heavy (non-hydrogen) atoms. The van der Waals surface area contributed by atoms with E-state index in [-0.39, 0.29) is 22.7 Å². The van der Waals surface area contributed by atoms with E-state index < -0.39 is 17.4 Å². The summed E-state index contributed by atoms with van der Waals surface area (Å²) in [6.45, 7) is 0. The molecule has 3 aromatic carbocycles. The van der Waals surface area contributed by atoms with Gasteiger partial charge in [0, 0.05) is 11.6 Å². The Morgan fingerprint density at radius 3 is 2.30 bits per heavy atom. The quantitative estimate of drug-likeness (QED) is 0.418. The number of phenolic OH excluding ortho intramolecular Hbond substituents is 2. The van der Waals surface area contributed by atoms with Crippen molar-refractivity contribution in [2.24, 2.45) is 0 Å². The van der Waals surface area contributed by atoms with Crippen LogP contribution in [-0.4, -0.2) is 19.8 Å². The van der Waals surface area contributed by atoms with Gasteiger partial charge in [-0.1, -0.05) is 36.4 Å². The summed E-state index contributed by atoms with van der Waals surface area (Å²) in [5, 5.41) is 20.5. The van der Waals surface area contributed by atoms with Crippen molar-refractivity contribution in [1.29, 1.82) is 0 Å². The predicted molar refractivity (Wildman–Crippen MR) is 108 cm³/mol. The first-order valence-electron chi connectivity index (χ1n) is 8.85. The maximum Gasteiger partial charge on any atom is 0.416 e. The molecule has 5 nitrogen and oxygen atoms in total. The van der Waals surface area contributed by atoms with Gasteiger partial charge in [0.15, 0.2) is 0 Å². The molecule has 1 heterocycles. The van der Waals surface area contributed by atoms with E-state index in [1.165, 1.54) is 34.9 Å². The SMILES string of the molecule is O=c1[nH]c2ccccc2n1-c1cc(/C=C/c2ccc(C(F)(F)F)cc2)c(O)cc1O. The summed E-state index contributed by atoms with van der Waals surface area (Å²) in [6.07, 6.45) is -1.41. The van der Waals surface area contributed by atoms with E-state index in [2.05, 4.69) is 4.98 Å². The molecular weight excluding hydrogens is 397 g/mol. The zero-order valence-corrected chi connectivity index (χ0v) is 15.3. The van der Waals surface area contributed by atoms with Gasteiger partial charge in [-0.3, -0.25) is 4.57 Å². The van der Waals surface area contributed by atoms with Crippen molar-refractivity contribution in [3.8, 4) is 17.2 Å². The van der Waals surface area contributed by atoms with Gasteiger partial charge in [0.25, 0.3) is 0 Å². The molecule has 0 amide bonds. The normalized spacial score (nSPS) is 12.1. The number of nitrogens with zero attached hydrogens (tertiary/aromatic N) is 1. The number of hydrogen-bond acceptors (Lipinski definition) is 3.